The Morgan fingerprint density at radius 2 is 1.62 bits per heavy atom. The van der Waals surface area contributed by atoms with Gasteiger partial charge in [0, 0.05) is 17.7 Å². The quantitative estimate of drug-likeness (QED) is 0.451. The van der Waals surface area contributed by atoms with E-state index in [4.69, 9.17) is 18.9 Å². The number of hydrazine groups is 1. The molecule has 1 atom stereocenters. The van der Waals surface area contributed by atoms with Crippen LogP contribution in [0.4, 0.5) is 5.69 Å². The Labute approximate surface area is 212 Å². The maximum atomic E-state index is 12.6. The lowest BCUT2D eigenvalue weighted by atomic mass is 10.1. The largest absolute Gasteiger partial charge is 0.493 e. The average Bonchev–Trinajstić information content (AvgIpc) is 3.27. The van der Waals surface area contributed by atoms with E-state index in [1.54, 1.807) is 13.0 Å². The van der Waals surface area contributed by atoms with Crippen LogP contribution in [0, 0.1) is 5.92 Å². The number of ether oxygens (including phenoxy) is 4. The third kappa shape index (κ3) is 6.97. The lowest BCUT2D eigenvalue weighted by Gasteiger charge is -2.18. The van der Waals surface area contributed by atoms with Crippen LogP contribution in [0.25, 0.3) is 0 Å². The Bertz CT molecular complexity index is 1180. The molecule has 12 heteroatoms. The Morgan fingerprint density at radius 3 is 2.27 bits per heavy atom. The SMILES string of the molecule is CCOC(=O)c1ccc(NC(=O)COC(=O)[C@@H]2CC(=O)N(NC(=O)c3ccc(OC)c(OC)c3)C2)cc1. The molecule has 1 aliphatic rings. The van der Waals surface area contributed by atoms with Crippen molar-refractivity contribution in [1.82, 2.24) is 10.4 Å². The summed E-state index contributed by atoms with van der Waals surface area (Å²) in [6, 6.07) is 10.5. The zero-order chi connectivity index (χ0) is 26.9. The van der Waals surface area contributed by atoms with Crippen LogP contribution in [0.1, 0.15) is 34.1 Å². The van der Waals surface area contributed by atoms with Crippen molar-refractivity contribution < 1.29 is 42.9 Å². The molecule has 0 aromatic heterocycles. The van der Waals surface area contributed by atoms with Crippen molar-refractivity contribution in [1.29, 1.82) is 0 Å². The molecule has 1 saturated heterocycles. The van der Waals surface area contributed by atoms with E-state index in [9.17, 15) is 24.0 Å². The number of amides is 3. The van der Waals surface area contributed by atoms with E-state index in [0.717, 1.165) is 5.01 Å². The number of methoxy groups -OCH3 is 2. The molecule has 0 aliphatic carbocycles. The lowest BCUT2D eigenvalue weighted by molar-refractivity contribution is -0.151. The molecule has 2 aromatic carbocycles. The highest BCUT2D eigenvalue weighted by Crippen LogP contribution is 2.27. The molecule has 0 unspecified atom stereocenters. The number of esters is 2. The lowest BCUT2D eigenvalue weighted by Crippen LogP contribution is -2.43. The second-order valence-corrected chi connectivity index (χ2v) is 7.87. The predicted octanol–water partition coefficient (Wildman–Crippen LogP) is 1.56. The van der Waals surface area contributed by atoms with Crippen molar-refractivity contribution in [3.05, 3.63) is 53.6 Å². The maximum Gasteiger partial charge on any atom is 0.338 e. The topological polar surface area (TPSA) is 150 Å². The van der Waals surface area contributed by atoms with Gasteiger partial charge in [-0.3, -0.25) is 29.6 Å². The van der Waals surface area contributed by atoms with Crippen molar-refractivity contribution in [2.24, 2.45) is 5.92 Å². The van der Waals surface area contributed by atoms with Gasteiger partial charge in [0.15, 0.2) is 18.1 Å². The molecule has 37 heavy (non-hydrogen) atoms. The zero-order valence-corrected chi connectivity index (χ0v) is 20.6. The third-order valence-electron chi connectivity index (χ3n) is 5.37. The minimum absolute atomic E-state index is 0.104. The first-order valence-electron chi connectivity index (χ1n) is 11.3. The second kappa shape index (κ2) is 12.4. The summed E-state index contributed by atoms with van der Waals surface area (Å²) in [5.74, 6) is -2.93. The normalized spacial score (nSPS) is 14.5. The number of carbonyl (C=O) groups is 5. The number of rotatable bonds is 10. The van der Waals surface area contributed by atoms with Crippen LogP contribution in [-0.4, -0.2) is 68.6 Å². The zero-order valence-electron chi connectivity index (χ0n) is 20.6. The minimum Gasteiger partial charge on any atom is -0.493 e. The number of nitrogens with zero attached hydrogens (tertiary/aromatic N) is 1. The molecule has 1 heterocycles. The van der Waals surface area contributed by atoms with Crippen molar-refractivity contribution in [2.75, 3.05) is 39.3 Å². The van der Waals surface area contributed by atoms with Crippen LogP contribution in [0.5, 0.6) is 11.5 Å². The van der Waals surface area contributed by atoms with Gasteiger partial charge in [0.25, 0.3) is 11.8 Å². The van der Waals surface area contributed by atoms with Gasteiger partial charge in [-0.05, 0) is 49.4 Å². The van der Waals surface area contributed by atoms with E-state index in [0.29, 0.717) is 22.7 Å². The number of hydrogen-bond donors (Lipinski definition) is 2. The summed E-state index contributed by atoms with van der Waals surface area (Å²) >= 11 is 0. The van der Waals surface area contributed by atoms with Crippen LogP contribution >= 0.6 is 0 Å². The first-order chi connectivity index (χ1) is 17.7. The molecule has 1 aliphatic heterocycles. The van der Waals surface area contributed by atoms with Gasteiger partial charge in [0.2, 0.25) is 5.91 Å². The van der Waals surface area contributed by atoms with Crippen LogP contribution in [-0.2, 0) is 23.9 Å². The van der Waals surface area contributed by atoms with Gasteiger partial charge in [-0.1, -0.05) is 0 Å². The van der Waals surface area contributed by atoms with Crippen LogP contribution in [0.3, 0.4) is 0 Å². The van der Waals surface area contributed by atoms with Gasteiger partial charge < -0.3 is 24.3 Å². The third-order valence-corrected chi connectivity index (χ3v) is 5.37. The number of carbonyl (C=O) groups excluding carboxylic acids is 5. The molecule has 1 fully saturated rings. The predicted molar refractivity (Wildman–Crippen MR) is 129 cm³/mol. The molecule has 12 nitrogen and oxygen atoms in total. The van der Waals surface area contributed by atoms with Gasteiger partial charge in [0.1, 0.15) is 0 Å². The van der Waals surface area contributed by atoms with Gasteiger partial charge in [-0.25, -0.2) is 4.79 Å². The van der Waals surface area contributed by atoms with E-state index in [-0.39, 0.29) is 25.1 Å². The summed E-state index contributed by atoms with van der Waals surface area (Å²) in [6.45, 7) is 1.27. The Balaban J connectivity index is 1.48. The summed E-state index contributed by atoms with van der Waals surface area (Å²) < 4.78 is 20.3. The molecule has 2 aromatic rings. The van der Waals surface area contributed by atoms with Gasteiger partial charge in [0.05, 0.1) is 38.9 Å². The highest BCUT2D eigenvalue weighted by atomic mass is 16.5. The number of anilines is 1. The number of benzene rings is 2. The standard InChI is InChI=1S/C25H27N3O9/c1-4-36-24(32)15-5-8-18(9-6-15)26-21(29)14-37-25(33)17-12-22(30)28(13-17)27-23(31)16-7-10-19(34-2)20(11-16)35-3/h5-11,17H,4,12-14H2,1-3H3,(H,26,29)(H,27,31)/t17-/m1/s1. The van der Waals surface area contributed by atoms with Crippen molar-refractivity contribution in [3.8, 4) is 11.5 Å². The molecular weight excluding hydrogens is 486 g/mol. The minimum atomic E-state index is -0.852. The monoisotopic (exact) mass is 513 g/mol. The molecule has 0 saturated carbocycles. The van der Waals surface area contributed by atoms with Gasteiger partial charge >= 0.3 is 11.9 Å². The Kier molecular flexibility index (Phi) is 9.03. The highest BCUT2D eigenvalue weighted by molar-refractivity contribution is 5.97. The fourth-order valence-corrected chi connectivity index (χ4v) is 3.49. The number of nitrogens with one attached hydrogen (secondary N) is 2. The summed E-state index contributed by atoms with van der Waals surface area (Å²) in [4.78, 5) is 61.1. The van der Waals surface area contributed by atoms with Crippen LogP contribution < -0.4 is 20.2 Å². The van der Waals surface area contributed by atoms with Crippen molar-refractivity contribution in [2.45, 2.75) is 13.3 Å². The maximum absolute atomic E-state index is 12.6. The van der Waals surface area contributed by atoms with E-state index in [2.05, 4.69) is 10.7 Å². The van der Waals surface area contributed by atoms with Crippen molar-refractivity contribution >= 4 is 35.3 Å². The molecule has 3 amide bonds. The van der Waals surface area contributed by atoms with E-state index >= 15 is 0 Å². The Hall–Kier alpha value is -4.61. The molecule has 0 bridgehead atoms. The molecule has 196 valence electrons. The summed E-state index contributed by atoms with van der Waals surface area (Å²) in [5.41, 5.74) is 3.42. The Morgan fingerprint density at radius 1 is 0.946 bits per heavy atom. The molecular formula is C25H27N3O9. The fraction of sp³-hybridized carbons (Fsp3) is 0.320. The molecule has 2 N–H and O–H groups in total. The second-order valence-electron chi connectivity index (χ2n) is 7.87. The molecule has 3 rings (SSSR count). The first kappa shape index (κ1) is 27.0. The average molecular weight is 514 g/mol. The van der Waals surface area contributed by atoms with E-state index in [1.165, 1.54) is 50.6 Å². The van der Waals surface area contributed by atoms with Crippen LogP contribution in [0.15, 0.2) is 42.5 Å². The van der Waals surface area contributed by atoms with Crippen molar-refractivity contribution in [3.63, 3.8) is 0 Å². The summed E-state index contributed by atoms with van der Waals surface area (Å²) in [6.07, 6.45) is -0.179. The summed E-state index contributed by atoms with van der Waals surface area (Å²) in [7, 11) is 2.90. The first-order valence-corrected chi connectivity index (χ1v) is 11.3. The van der Waals surface area contributed by atoms with Gasteiger partial charge in [-0.15, -0.1) is 0 Å². The number of hydrogen-bond acceptors (Lipinski definition) is 9. The summed E-state index contributed by atoms with van der Waals surface area (Å²) in [5, 5.41) is 3.58. The van der Waals surface area contributed by atoms with Gasteiger partial charge in [-0.2, -0.15) is 0 Å². The molecule has 0 spiro atoms. The molecule has 0 radical (unpaired) electrons. The van der Waals surface area contributed by atoms with Crippen LogP contribution in [0.2, 0.25) is 0 Å². The van der Waals surface area contributed by atoms with E-state index in [1.807, 2.05) is 0 Å². The smallest absolute Gasteiger partial charge is 0.338 e. The fourth-order valence-electron chi connectivity index (χ4n) is 3.49. The highest BCUT2D eigenvalue weighted by Gasteiger charge is 2.36. The van der Waals surface area contributed by atoms with E-state index < -0.39 is 42.2 Å².